The largest absolute Gasteiger partial charge is 0.378 e. The molecule has 0 spiro atoms. The molecule has 0 unspecified atom stereocenters. The average Bonchev–Trinajstić information content (AvgIpc) is 2.72. The molecule has 2 fully saturated rings. The molecular formula is C18H26N4O5S. The molecule has 0 aromatic heterocycles. The number of nitrogens with one attached hydrogen (secondary N) is 1. The predicted octanol–water partition coefficient (Wildman–Crippen LogP) is -0.309. The summed E-state index contributed by atoms with van der Waals surface area (Å²) in [5.74, 6) is -0.330. The van der Waals surface area contributed by atoms with Gasteiger partial charge in [0.05, 0.1) is 13.2 Å². The van der Waals surface area contributed by atoms with Crippen molar-refractivity contribution >= 4 is 22.0 Å². The molecule has 2 aliphatic heterocycles. The van der Waals surface area contributed by atoms with Gasteiger partial charge in [-0.2, -0.15) is 12.7 Å². The van der Waals surface area contributed by atoms with Gasteiger partial charge in [0.2, 0.25) is 5.91 Å². The highest BCUT2D eigenvalue weighted by molar-refractivity contribution is 7.86. The summed E-state index contributed by atoms with van der Waals surface area (Å²) in [6.07, 6.45) is 0.907. The van der Waals surface area contributed by atoms with Crippen LogP contribution in [0.5, 0.6) is 0 Å². The number of carbonyl (C=O) groups is 2. The first-order chi connectivity index (χ1) is 13.3. The number of amides is 2. The molecule has 2 aliphatic rings. The van der Waals surface area contributed by atoms with Gasteiger partial charge in [-0.15, -0.1) is 0 Å². The van der Waals surface area contributed by atoms with E-state index in [1.165, 1.54) is 4.31 Å². The van der Waals surface area contributed by atoms with Crippen molar-refractivity contribution in [2.24, 2.45) is 11.1 Å². The Balaban J connectivity index is 1.47. The van der Waals surface area contributed by atoms with Crippen molar-refractivity contribution in [2.75, 3.05) is 39.4 Å². The molecule has 0 atom stereocenters. The summed E-state index contributed by atoms with van der Waals surface area (Å²) in [5.41, 5.74) is 1.51. The van der Waals surface area contributed by atoms with Crippen molar-refractivity contribution in [3.63, 3.8) is 0 Å². The van der Waals surface area contributed by atoms with Gasteiger partial charge in [0.25, 0.3) is 16.1 Å². The van der Waals surface area contributed by atoms with Crippen LogP contribution in [0.3, 0.4) is 0 Å². The second kappa shape index (κ2) is 8.99. The van der Waals surface area contributed by atoms with Crippen LogP contribution in [-0.2, 0) is 26.3 Å². The zero-order valence-electron chi connectivity index (χ0n) is 15.7. The molecule has 0 saturated carbocycles. The van der Waals surface area contributed by atoms with E-state index in [-0.39, 0.29) is 30.8 Å². The number of hydrogen-bond donors (Lipinski definition) is 2. The molecule has 0 radical (unpaired) electrons. The number of nitrogens with two attached hydrogens (primary N) is 1. The van der Waals surface area contributed by atoms with Gasteiger partial charge in [-0.25, -0.2) is 5.14 Å². The molecule has 2 saturated heterocycles. The first-order valence-corrected chi connectivity index (χ1v) is 10.9. The Labute approximate surface area is 165 Å². The smallest absolute Gasteiger partial charge is 0.276 e. The highest BCUT2D eigenvalue weighted by Crippen LogP contribution is 2.19. The van der Waals surface area contributed by atoms with Crippen LogP contribution >= 0.6 is 0 Å². The summed E-state index contributed by atoms with van der Waals surface area (Å²) in [5, 5.41) is 8.00. The van der Waals surface area contributed by atoms with Crippen molar-refractivity contribution in [3.05, 3.63) is 35.4 Å². The molecule has 3 N–H and O–H groups in total. The summed E-state index contributed by atoms with van der Waals surface area (Å²) in [6.45, 7) is 3.20. The standard InChI is InChI=1S/C18H26N4O5S/c19-28(25,26)22-7-5-15(6-8-22)17(23)20-13-14-1-3-16(4-2-14)18(24)21-9-11-27-12-10-21/h1-4,15H,5-13H2,(H,20,23)(H2,19,25,26). The number of ether oxygens (including phenoxy) is 1. The topological polar surface area (TPSA) is 122 Å². The monoisotopic (exact) mass is 410 g/mol. The van der Waals surface area contributed by atoms with Crippen LogP contribution in [0.2, 0.25) is 0 Å². The fraction of sp³-hybridized carbons (Fsp3) is 0.556. The minimum Gasteiger partial charge on any atom is -0.378 e. The van der Waals surface area contributed by atoms with E-state index < -0.39 is 10.2 Å². The van der Waals surface area contributed by atoms with Crippen molar-refractivity contribution in [1.29, 1.82) is 0 Å². The molecule has 0 bridgehead atoms. The summed E-state index contributed by atoms with van der Waals surface area (Å²) in [4.78, 5) is 26.5. The zero-order valence-corrected chi connectivity index (χ0v) is 16.5. The quantitative estimate of drug-likeness (QED) is 0.690. The van der Waals surface area contributed by atoms with Crippen LogP contribution < -0.4 is 10.5 Å². The lowest BCUT2D eigenvalue weighted by atomic mass is 9.97. The Hall–Kier alpha value is -2.01. The van der Waals surface area contributed by atoms with Crippen LogP contribution in [0.4, 0.5) is 0 Å². The van der Waals surface area contributed by atoms with E-state index >= 15 is 0 Å². The summed E-state index contributed by atoms with van der Waals surface area (Å²) >= 11 is 0. The Morgan fingerprint density at radius 3 is 2.25 bits per heavy atom. The van der Waals surface area contributed by atoms with E-state index in [1.54, 1.807) is 17.0 Å². The molecule has 0 aliphatic carbocycles. The lowest BCUT2D eigenvalue weighted by Crippen LogP contribution is -2.45. The number of nitrogens with zero attached hydrogens (tertiary/aromatic N) is 2. The Morgan fingerprint density at radius 1 is 1.07 bits per heavy atom. The van der Waals surface area contributed by atoms with Crippen LogP contribution in [0.15, 0.2) is 24.3 Å². The second-order valence-corrected chi connectivity index (χ2v) is 8.58. The van der Waals surface area contributed by atoms with E-state index in [4.69, 9.17) is 9.88 Å². The third kappa shape index (κ3) is 5.28. The molecular weight excluding hydrogens is 384 g/mol. The SMILES string of the molecule is NS(=O)(=O)N1CCC(C(=O)NCc2ccc(C(=O)N3CCOCC3)cc2)CC1. The molecule has 1 aromatic carbocycles. The second-order valence-electron chi connectivity index (χ2n) is 7.04. The first-order valence-electron chi connectivity index (χ1n) is 9.36. The number of benzene rings is 1. The maximum absolute atomic E-state index is 12.4. The first kappa shape index (κ1) is 20.7. The summed E-state index contributed by atoms with van der Waals surface area (Å²) < 4.78 is 29.1. The maximum Gasteiger partial charge on any atom is 0.276 e. The number of hydrogen-bond acceptors (Lipinski definition) is 5. The fourth-order valence-corrected chi connectivity index (χ4v) is 4.14. The molecule has 1 aromatic rings. The molecule has 10 heteroatoms. The molecule has 2 heterocycles. The predicted molar refractivity (Wildman–Crippen MR) is 102 cm³/mol. The van der Waals surface area contributed by atoms with Gasteiger partial charge in [-0.05, 0) is 30.5 Å². The van der Waals surface area contributed by atoms with Crippen molar-refractivity contribution in [1.82, 2.24) is 14.5 Å². The van der Waals surface area contributed by atoms with Gasteiger partial charge in [0.15, 0.2) is 0 Å². The van der Waals surface area contributed by atoms with E-state index in [9.17, 15) is 18.0 Å². The molecule has 28 heavy (non-hydrogen) atoms. The average molecular weight is 410 g/mol. The molecule has 154 valence electrons. The van der Waals surface area contributed by atoms with E-state index in [0.717, 1.165) is 5.56 Å². The number of piperidine rings is 1. The lowest BCUT2D eigenvalue weighted by molar-refractivity contribution is -0.126. The van der Waals surface area contributed by atoms with Gasteiger partial charge in [0, 0.05) is 44.2 Å². The van der Waals surface area contributed by atoms with Gasteiger partial charge in [-0.3, -0.25) is 9.59 Å². The molecule has 9 nitrogen and oxygen atoms in total. The Bertz CT molecular complexity index is 798. The van der Waals surface area contributed by atoms with E-state index in [1.807, 2.05) is 12.1 Å². The highest BCUT2D eigenvalue weighted by atomic mass is 32.2. The third-order valence-corrected chi connectivity index (χ3v) is 6.24. The van der Waals surface area contributed by atoms with Gasteiger partial charge >= 0.3 is 0 Å². The van der Waals surface area contributed by atoms with Crippen molar-refractivity contribution < 1.29 is 22.7 Å². The normalized spacial score (nSPS) is 19.4. The van der Waals surface area contributed by atoms with Gasteiger partial charge in [0.1, 0.15) is 0 Å². The van der Waals surface area contributed by atoms with Gasteiger partial charge < -0.3 is 15.0 Å². The minimum absolute atomic E-state index is 0.0134. The maximum atomic E-state index is 12.4. The van der Waals surface area contributed by atoms with Crippen LogP contribution in [0.25, 0.3) is 0 Å². The van der Waals surface area contributed by atoms with E-state index in [2.05, 4.69) is 5.32 Å². The Kier molecular flexibility index (Phi) is 6.65. The summed E-state index contributed by atoms with van der Waals surface area (Å²) in [6, 6.07) is 7.20. The van der Waals surface area contributed by atoms with E-state index in [0.29, 0.717) is 51.3 Å². The van der Waals surface area contributed by atoms with Crippen LogP contribution in [0, 0.1) is 5.92 Å². The molecule has 3 rings (SSSR count). The fourth-order valence-electron chi connectivity index (χ4n) is 3.42. The number of carbonyl (C=O) groups excluding carboxylic acids is 2. The third-order valence-electron chi connectivity index (χ3n) is 5.15. The van der Waals surface area contributed by atoms with Crippen LogP contribution in [0.1, 0.15) is 28.8 Å². The highest BCUT2D eigenvalue weighted by Gasteiger charge is 2.29. The number of rotatable bonds is 5. The van der Waals surface area contributed by atoms with Crippen LogP contribution in [-0.4, -0.2) is 68.8 Å². The van der Waals surface area contributed by atoms with Crippen molar-refractivity contribution in [3.8, 4) is 0 Å². The summed E-state index contributed by atoms with van der Waals surface area (Å²) in [7, 11) is -3.69. The molecule has 2 amide bonds. The number of morpholine rings is 1. The zero-order chi connectivity index (χ0) is 20.1. The minimum atomic E-state index is -3.69. The van der Waals surface area contributed by atoms with Crippen molar-refractivity contribution in [2.45, 2.75) is 19.4 Å². The van der Waals surface area contributed by atoms with Gasteiger partial charge in [-0.1, -0.05) is 12.1 Å². The Morgan fingerprint density at radius 2 is 1.68 bits per heavy atom. The lowest BCUT2D eigenvalue weighted by Gasteiger charge is -2.29.